The molecule has 1 aliphatic carbocycles. The summed E-state index contributed by atoms with van der Waals surface area (Å²) in [5, 5.41) is 25.9. The summed E-state index contributed by atoms with van der Waals surface area (Å²) < 4.78 is 0. The summed E-state index contributed by atoms with van der Waals surface area (Å²) in [7, 11) is 0. The van der Waals surface area contributed by atoms with E-state index in [0.717, 1.165) is 38.6 Å². The van der Waals surface area contributed by atoms with E-state index in [1.54, 1.807) is 0 Å². The number of hydrogen-bond acceptors (Lipinski definition) is 4. The summed E-state index contributed by atoms with van der Waals surface area (Å²) in [6.07, 6.45) is -0.944. The molecule has 0 saturated carbocycles. The van der Waals surface area contributed by atoms with Gasteiger partial charge in [-0.3, -0.25) is 10.1 Å². The van der Waals surface area contributed by atoms with Crippen LogP contribution >= 0.6 is 6.19 Å². The molecule has 0 radical (unpaired) electrons. The molecule has 4 nitrogen and oxygen atoms in total. The second kappa shape index (κ2) is 11.5. The van der Waals surface area contributed by atoms with Crippen LogP contribution in [0.1, 0.15) is 37.3 Å². The molecule has 0 saturated heterocycles. The van der Waals surface area contributed by atoms with Crippen molar-refractivity contribution in [3.8, 4) is 23.3 Å². The average molecular weight is 545 g/mol. The SMILES string of the molecule is C[C@](CCCC#N)(NP(=S)(c1ccccc1)c1ccccc1)[C@H](C#N)N=C1c2ccccc2-c2ccccc21. The molecule has 1 N–H and O–H groups in total. The van der Waals surface area contributed by atoms with Crippen LogP contribution in [0, 0.1) is 22.7 Å². The molecular formula is C33H29N4PS. The van der Waals surface area contributed by atoms with Crippen LogP contribution in [0.2, 0.25) is 0 Å². The lowest BCUT2D eigenvalue weighted by atomic mass is 9.88. The number of hydrogen-bond donors (Lipinski definition) is 1. The van der Waals surface area contributed by atoms with Crippen LogP contribution in [-0.4, -0.2) is 17.3 Å². The molecule has 2 atom stereocenters. The smallest absolute Gasteiger partial charge is 0.155 e. The first kappa shape index (κ1) is 26.7. The van der Waals surface area contributed by atoms with Crippen molar-refractivity contribution in [2.75, 3.05) is 0 Å². The maximum absolute atomic E-state index is 10.6. The summed E-state index contributed by atoms with van der Waals surface area (Å²) in [6.45, 7) is 2.04. The lowest BCUT2D eigenvalue weighted by Gasteiger charge is -2.39. The van der Waals surface area contributed by atoms with E-state index in [2.05, 4.69) is 65.8 Å². The third-order valence-electron chi connectivity index (χ3n) is 7.28. The molecule has 6 heteroatoms. The minimum Gasteiger partial charge on any atom is -0.273 e. The monoisotopic (exact) mass is 544 g/mol. The zero-order chi connectivity index (χ0) is 27.3. The number of aliphatic imine (C=N–C) groups is 1. The van der Waals surface area contributed by atoms with Gasteiger partial charge in [-0.2, -0.15) is 10.5 Å². The van der Waals surface area contributed by atoms with Crippen molar-refractivity contribution in [1.29, 1.82) is 10.5 Å². The average Bonchev–Trinajstić information content (AvgIpc) is 3.30. The molecule has 0 spiro atoms. The van der Waals surface area contributed by atoms with Crippen molar-refractivity contribution in [1.82, 2.24) is 5.09 Å². The van der Waals surface area contributed by atoms with Gasteiger partial charge in [0.05, 0.1) is 29.6 Å². The Balaban J connectivity index is 1.64. The van der Waals surface area contributed by atoms with Crippen LogP contribution in [0.25, 0.3) is 11.1 Å². The van der Waals surface area contributed by atoms with Crippen molar-refractivity contribution < 1.29 is 0 Å². The van der Waals surface area contributed by atoms with Gasteiger partial charge in [-0.05, 0) is 30.9 Å². The Morgan fingerprint density at radius 2 is 1.23 bits per heavy atom. The van der Waals surface area contributed by atoms with Crippen molar-refractivity contribution in [2.45, 2.75) is 37.8 Å². The van der Waals surface area contributed by atoms with Crippen LogP contribution in [0.4, 0.5) is 0 Å². The lowest BCUT2D eigenvalue weighted by molar-refractivity contribution is 0.359. The highest BCUT2D eigenvalue weighted by molar-refractivity contribution is 8.21. The van der Waals surface area contributed by atoms with Gasteiger partial charge in [0, 0.05) is 28.2 Å². The summed E-state index contributed by atoms with van der Waals surface area (Å²) in [5.41, 5.74) is 4.36. The van der Waals surface area contributed by atoms with Gasteiger partial charge in [0.2, 0.25) is 0 Å². The standard InChI is InChI=1S/C33H29N4PS/c1-33(22-12-13-23-34,37-38(39,25-14-4-2-5-15-25)26-16-6-3-7-17-26)31(24-35)36-32-29-20-10-8-18-27(29)28-19-9-11-21-30(28)32/h2-11,14-21,31H,12-13,22H2,1H3,(H,37,39)/t31-,33+/m0/s1. The molecule has 192 valence electrons. The van der Waals surface area contributed by atoms with Crippen LogP contribution in [0.5, 0.6) is 0 Å². The first-order chi connectivity index (χ1) is 19.0. The van der Waals surface area contributed by atoms with Crippen LogP contribution < -0.4 is 15.7 Å². The Morgan fingerprint density at radius 3 is 1.69 bits per heavy atom. The van der Waals surface area contributed by atoms with Gasteiger partial charge in [-0.15, -0.1) is 0 Å². The number of fused-ring (bicyclic) bond motifs is 3. The fourth-order valence-corrected chi connectivity index (χ4v) is 9.33. The number of unbranched alkanes of at least 4 members (excludes halogenated alkanes) is 1. The molecule has 0 aliphatic heterocycles. The van der Waals surface area contributed by atoms with E-state index in [1.165, 1.54) is 0 Å². The predicted octanol–water partition coefficient (Wildman–Crippen LogP) is 6.48. The van der Waals surface area contributed by atoms with Gasteiger partial charge in [0.25, 0.3) is 0 Å². The van der Waals surface area contributed by atoms with Gasteiger partial charge in [-0.1, -0.05) is 121 Å². The van der Waals surface area contributed by atoms with Crippen LogP contribution in [0.3, 0.4) is 0 Å². The number of nitrogens with one attached hydrogen (secondary N) is 1. The maximum Gasteiger partial charge on any atom is 0.155 e. The minimum atomic E-state index is -2.56. The molecule has 0 aromatic heterocycles. The Labute approximate surface area is 235 Å². The third-order valence-corrected chi connectivity index (χ3v) is 11.7. The zero-order valence-electron chi connectivity index (χ0n) is 21.8. The fourth-order valence-electron chi connectivity index (χ4n) is 5.28. The lowest BCUT2D eigenvalue weighted by Crippen LogP contribution is -2.52. The number of nitrogens with zero attached hydrogens (tertiary/aromatic N) is 3. The normalized spacial score (nSPS) is 14.3. The molecular weight excluding hydrogens is 515 g/mol. The highest BCUT2D eigenvalue weighted by Gasteiger charge is 2.40. The van der Waals surface area contributed by atoms with Crippen LogP contribution in [0.15, 0.2) is 114 Å². The Hall–Kier alpha value is -3.86. The number of nitriles is 2. The molecule has 0 heterocycles. The Morgan fingerprint density at radius 1 is 0.769 bits per heavy atom. The van der Waals surface area contributed by atoms with Crippen molar-refractivity contribution in [3.63, 3.8) is 0 Å². The quantitative estimate of drug-likeness (QED) is 0.170. The van der Waals surface area contributed by atoms with Crippen molar-refractivity contribution >= 4 is 34.3 Å². The summed E-state index contributed by atoms with van der Waals surface area (Å²) >= 11 is 6.51. The van der Waals surface area contributed by atoms with Gasteiger partial charge < -0.3 is 0 Å². The van der Waals surface area contributed by atoms with Crippen LogP contribution in [-0.2, 0) is 11.8 Å². The first-order valence-electron chi connectivity index (χ1n) is 13.0. The second-order valence-corrected chi connectivity index (χ2v) is 14.0. The van der Waals surface area contributed by atoms with Gasteiger partial charge in [0.15, 0.2) is 6.04 Å². The first-order valence-corrected chi connectivity index (χ1v) is 15.8. The largest absolute Gasteiger partial charge is 0.273 e. The third kappa shape index (κ3) is 5.23. The number of rotatable bonds is 9. The summed E-state index contributed by atoms with van der Waals surface area (Å²) in [5.74, 6) is 0. The molecule has 4 aromatic carbocycles. The Bertz CT molecular complexity index is 1540. The second-order valence-electron chi connectivity index (χ2n) is 9.92. The summed E-state index contributed by atoms with van der Waals surface area (Å²) in [4.78, 5) is 5.18. The van der Waals surface area contributed by atoms with Crippen molar-refractivity contribution in [3.05, 3.63) is 120 Å². The fraction of sp³-hybridized carbons (Fsp3) is 0.182. The van der Waals surface area contributed by atoms with E-state index in [1.807, 2.05) is 67.6 Å². The van der Waals surface area contributed by atoms with E-state index in [-0.39, 0.29) is 0 Å². The van der Waals surface area contributed by atoms with Gasteiger partial charge in [-0.25, -0.2) is 0 Å². The Kier molecular flexibility index (Phi) is 7.87. The molecule has 0 fully saturated rings. The molecule has 0 unspecified atom stereocenters. The molecule has 4 aromatic rings. The molecule has 1 aliphatic rings. The van der Waals surface area contributed by atoms with E-state index < -0.39 is 17.8 Å². The highest BCUT2D eigenvalue weighted by atomic mass is 32.4. The van der Waals surface area contributed by atoms with Gasteiger partial charge >= 0.3 is 0 Å². The predicted molar refractivity (Wildman–Crippen MR) is 164 cm³/mol. The minimum absolute atomic E-state index is 0.400. The van der Waals surface area contributed by atoms with Crippen molar-refractivity contribution in [2.24, 2.45) is 4.99 Å². The highest BCUT2D eigenvalue weighted by Crippen LogP contribution is 2.44. The van der Waals surface area contributed by atoms with Gasteiger partial charge in [0.1, 0.15) is 0 Å². The molecule has 0 bridgehead atoms. The van der Waals surface area contributed by atoms with E-state index in [9.17, 15) is 10.5 Å². The van der Waals surface area contributed by atoms with E-state index >= 15 is 0 Å². The maximum atomic E-state index is 10.6. The molecule has 5 rings (SSSR count). The number of benzene rings is 4. The van der Waals surface area contributed by atoms with E-state index in [4.69, 9.17) is 16.8 Å². The molecule has 0 amide bonds. The molecule has 39 heavy (non-hydrogen) atoms. The zero-order valence-corrected chi connectivity index (χ0v) is 23.5. The topological polar surface area (TPSA) is 72.0 Å². The van der Waals surface area contributed by atoms with E-state index in [0.29, 0.717) is 19.3 Å². The summed E-state index contributed by atoms with van der Waals surface area (Å²) in [6, 6.07) is 40.7.